The van der Waals surface area contributed by atoms with Crippen molar-refractivity contribution >= 4 is 16.8 Å². The summed E-state index contributed by atoms with van der Waals surface area (Å²) in [7, 11) is 0. The van der Waals surface area contributed by atoms with E-state index in [4.69, 9.17) is 0 Å². The number of benzene rings is 2. The number of ether oxygens (including phenoxy) is 1. The second-order valence-corrected chi connectivity index (χ2v) is 7.96. The summed E-state index contributed by atoms with van der Waals surface area (Å²) in [5.74, 6) is -0.748. The first-order valence-corrected chi connectivity index (χ1v) is 10.9. The molecule has 1 amide bonds. The first-order chi connectivity index (χ1) is 16.2. The molecule has 0 fully saturated rings. The number of para-hydroxylation sites is 1. The first kappa shape index (κ1) is 23.5. The average molecular weight is 467 g/mol. The molecule has 4 rings (SSSR count). The van der Waals surface area contributed by atoms with Crippen molar-refractivity contribution in [2.45, 2.75) is 32.9 Å². The molecule has 0 radical (unpaired) electrons. The number of carbonyl (C=O) groups is 1. The number of hydrogen-bond acceptors (Lipinski definition) is 4. The van der Waals surface area contributed by atoms with Crippen molar-refractivity contribution in [3.05, 3.63) is 83.9 Å². The molecule has 0 saturated carbocycles. The van der Waals surface area contributed by atoms with Crippen LogP contribution in [0.4, 0.5) is 13.2 Å². The van der Waals surface area contributed by atoms with E-state index >= 15 is 0 Å². The van der Waals surface area contributed by atoms with Crippen molar-refractivity contribution in [3.8, 4) is 17.0 Å². The number of nitrogens with zero attached hydrogens (tertiary/aromatic N) is 2. The van der Waals surface area contributed by atoms with Crippen LogP contribution in [0.25, 0.3) is 22.2 Å². The van der Waals surface area contributed by atoms with Gasteiger partial charge in [0.25, 0.3) is 5.91 Å². The van der Waals surface area contributed by atoms with Crippen molar-refractivity contribution in [2.24, 2.45) is 0 Å². The molecular formula is C26H24F3N3O2. The Kier molecular flexibility index (Phi) is 6.70. The lowest BCUT2D eigenvalue weighted by atomic mass is 10.1. The largest absolute Gasteiger partial charge is 0.573 e. The molecule has 0 aromatic heterocycles. The van der Waals surface area contributed by atoms with Gasteiger partial charge in [0.2, 0.25) is 0 Å². The Labute approximate surface area is 195 Å². The van der Waals surface area contributed by atoms with Crippen molar-refractivity contribution in [2.75, 3.05) is 6.54 Å². The monoisotopic (exact) mass is 467 g/mol. The molecule has 1 atom stereocenters. The number of amides is 1. The van der Waals surface area contributed by atoms with Gasteiger partial charge < -0.3 is 10.1 Å². The highest BCUT2D eigenvalue weighted by molar-refractivity contribution is 5.97. The molecule has 0 saturated heterocycles. The van der Waals surface area contributed by atoms with Gasteiger partial charge in [-0.25, -0.2) is 4.98 Å². The van der Waals surface area contributed by atoms with E-state index in [0.29, 0.717) is 13.1 Å². The van der Waals surface area contributed by atoms with Gasteiger partial charge >= 0.3 is 6.36 Å². The Bertz CT molecular complexity index is 1260. The van der Waals surface area contributed by atoms with E-state index in [1.54, 1.807) is 0 Å². The third-order valence-corrected chi connectivity index (χ3v) is 5.63. The van der Waals surface area contributed by atoms with Gasteiger partial charge in [-0.3, -0.25) is 9.69 Å². The van der Waals surface area contributed by atoms with Gasteiger partial charge in [-0.15, -0.1) is 13.2 Å². The average Bonchev–Trinajstić information content (AvgIpc) is 3.01. The standard InChI is InChI=1S/C26H24F3N3O2/c1-3-32(17(2)30-25(33)19-11-13-20(14-12-19)34-26(27,28)29)16-18-7-6-10-24-22(15-18)21-8-4-5-9-23(21)31-24/h4-15,17H,3,16H2,1-2H3,(H,30,33). The molecular weight excluding hydrogens is 443 g/mol. The maximum absolute atomic E-state index is 12.7. The molecule has 1 N–H and O–H groups in total. The van der Waals surface area contributed by atoms with Crippen LogP contribution in [0.1, 0.15) is 29.8 Å². The number of halogens is 3. The molecule has 5 nitrogen and oxygen atoms in total. The summed E-state index contributed by atoms with van der Waals surface area (Å²) in [6.45, 7) is 5.16. The minimum Gasteiger partial charge on any atom is -0.406 e. The number of fused-ring (bicyclic) bond motifs is 3. The van der Waals surface area contributed by atoms with Crippen LogP contribution in [0.2, 0.25) is 0 Å². The highest BCUT2D eigenvalue weighted by Crippen LogP contribution is 2.31. The summed E-state index contributed by atoms with van der Waals surface area (Å²) in [4.78, 5) is 19.4. The fourth-order valence-electron chi connectivity index (χ4n) is 3.93. The van der Waals surface area contributed by atoms with Crippen molar-refractivity contribution in [1.82, 2.24) is 15.2 Å². The van der Waals surface area contributed by atoms with Crippen molar-refractivity contribution in [3.63, 3.8) is 0 Å². The summed E-state index contributed by atoms with van der Waals surface area (Å²) < 4.78 is 40.9. The van der Waals surface area contributed by atoms with Gasteiger partial charge in [-0.1, -0.05) is 37.3 Å². The minimum absolute atomic E-state index is 0.250. The molecule has 1 aliphatic carbocycles. The molecule has 0 bridgehead atoms. The molecule has 1 heterocycles. The number of hydrogen-bond donors (Lipinski definition) is 1. The van der Waals surface area contributed by atoms with E-state index in [1.807, 2.05) is 50.2 Å². The van der Waals surface area contributed by atoms with Gasteiger partial charge in [0, 0.05) is 23.1 Å². The number of rotatable bonds is 7. The molecule has 2 aromatic carbocycles. The molecule has 2 aliphatic rings. The Hall–Kier alpha value is -3.65. The summed E-state index contributed by atoms with van der Waals surface area (Å²) in [6.07, 6.45) is -5.08. The smallest absolute Gasteiger partial charge is 0.406 e. The van der Waals surface area contributed by atoms with Gasteiger partial charge in [0.1, 0.15) is 5.75 Å². The van der Waals surface area contributed by atoms with Crippen LogP contribution in [0.5, 0.6) is 5.75 Å². The Morgan fingerprint density at radius 3 is 2.50 bits per heavy atom. The lowest BCUT2D eigenvalue weighted by Crippen LogP contribution is -2.45. The van der Waals surface area contributed by atoms with E-state index in [1.165, 1.54) is 12.1 Å². The zero-order chi connectivity index (χ0) is 24.3. The highest BCUT2D eigenvalue weighted by atomic mass is 19.4. The molecule has 8 heteroatoms. The van der Waals surface area contributed by atoms with Gasteiger partial charge in [0.15, 0.2) is 0 Å². The number of nitrogens with one attached hydrogen (secondary N) is 1. The minimum atomic E-state index is -4.77. The highest BCUT2D eigenvalue weighted by Gasteiger charge is 2.31. The quantitative estimate of drug-likeness (QED) is 0.347. The maximum atomic E-state index is 12.7. The van der Waals surface area contributed by atoms with Crippen LogP contribution in [0.3, 0.4) is 0 Å². The lowest BCUT2D eigenvalue weighted by Gasteiger charge is -2.28. The topological polar surface area (TPSA) is 54.5 Å². The van der Waals surface area contributed by atoms with Crippen LogP contribution in [0, 0.1) is 0 Å². The Balaban J connectivity index is 1.46. The van der Waals surface area contributed by atoms with E-state index in [2.05, 4.69) is 32.1 Å². The molecule has 34 heavy (non-hydrogen) atoms. The molecule has 176 valence electrons. The second-order valence-electron chi connectivity index (χ2n) is 7.96. The summed E-state index contributed by atoms with van der Waals surface area (Å²) in [6, 6.07) is 21.0. The van der Waals surface area contributed by atoms with Crippen LogP contribution in [0.15, 0.2) is 72.8 Å². The maximum Gasteiger partial charge on any atom is 0.573 e. The van der Waals surface area contributed by atoms with Gasteiger partial charge in [-0.2, -0.15) is 0 Å². The zero-order valence-corrected chi connectivity index (χ0v) is 18.8. The van der Waals surface area contributed by atoms with Crippen LogP contribution < -0.4 is 10.1 Å². The van der Waals surface area contributed by atoms with Crippen molar-refractivity contribution in [1.29, 1.82) is 0 Å². The van der Waals surface area contributed by atoms with Gasteiger partial charge in [0.05, 0.1) is 17.4 Å². The number of aromatic nitrogens is 1. The zero-order valence-electron chi connectivity index (χ0n) is 18.8. The summed E-state index contributed by atoms with van der Waals surface area (Å²) in [5, 5.41) is 4.01. The SMILES string of the molecule is CCN(Cc1cccc2nc3ccccc3c-2c1)C(C)NC(=O)c1ccc(OC(F)(F)F)cc1. The summed E-state index contributed by atoms with van der Waals surface area (Å²) >= 11 is 0. The Morgan fingerprint density at radius 1 is 1.06 bits per heavy atom. The number of alkyl halides is 3. The lowest BCUT2D eigenvalue weighted by molar-refractivity contribution is -0.274. The number of carbonyl (C=O) groups excluding carboxylic acids is 1. The van der Waals surface area contributed by atoms with Crippen LogP contribution >= 0.6 is 0 Å². The third-order valence-electron chi connectivity index (χ3n) is 5.63. The molecule has 2 aromatic rings. The Morgan fingerprint density at radius 2 is 1.79 bits per heavy atom. The predicted octanol–water partition coefficient (Wildman–Crippen LogP) is 5.84. The third kappa shape index (κ3) is 5.46. The molecule has 1 aliphatic heterocycles. The van der Waals surface area contributed by atoms with E-state index in [9.17, 15) is 18.0 Å². The van der Waals surface area contributed by atoms with Crippen LogP contribution in [-0.4, -0.2) is 34.9 Å². The fraction of sp³-hybridized carbons (Fsp3) is 0.231. The first-order valence-electron chi connectivity index (χ1n) is 10.9. The van der Waals surface area contributed by atoms with E-state index < -0.39 is 6.36 Å². The molecule has 1 unspecified atom stereocenters. The van der Waals surface area contributed by atoms with E-state index in [0.717, 1.165) is 39.9 Å². The van der Waals surface area contributed by atoms with E-state index in [-0.39, 0.29) is 23.4 Å². The normalized spacial score (nSPS) is 12.8. The van der Waals surface area contributed by atoms with Gasteiger partial charge in [-0.05, 0) is 61.5 Å². The van der Waals surface area contributed by atoms with Crippen LogP contribution in [-0.2, 0) is 6.54 Å². The van der Waals surface area contributed by atoms with Crippen molar-refractivity contribution < 1.29 is 22.7 Å². The summed E-state index contributed by atoms with van der Waals surface area (Å²) in [5.41, 5.74) is 4.28. The molecule has 0 spiro atoms. The predicted molar refractivity (Wildman–Crippen MR) is 125 cm³/mol. The fourth-order valence-corrected chi connectivity index (χ4v) is 3.93. The second kappa shape index (κ2) is 9.69.